The van der Waals surface area contributed by atoms with Crippen molar-refractivity contribution in [1.82, 2.24) is 4.98 Å². The van der Waals surface area contributed by atoms with Gasteiger partial charge in [0.1, 0.15) is 5.82 Å². The highest BCUT2D eigenvalue weighted by molar-refractivity contribution is 9.10. The predicted octanol–water partition coefficient (Wildman–Crippen LogP) is 5.51. The average molecular weight is 410 g/mol. The van der Waals surface area contributed by atoms with E-state index in [0.29, 0.717) is 6.54 Å². The topological polar surface area (TPSA) is 24.9 Å². The van der Waals surface area contributed by atoms with Crippen molar-refractivity contribution in [3.8, 4) is 0 Å². The van der Waals surface area contributed by atoms with Crippen molar-refractivity contribution in [2.45, 2.75) is 6.54 Å². The summed E-state index contributed by atoms with van der Waals surface area (Å²) in [5.74, 6) is -0.248. The molecular weight excluding hydrogens is 399 g/mol. The minimum atomic E-state index is -0.248. The lowest BCUT2D eigenvalue weighted by Crippen LogP contribution is -2.01. The number of nitrogens with zero attached hydrogens (tertiary/aromatic N) is 1. The van der Waals surface area contributed by atoms with E-state index in [9.17, 15) is 4.39 Å². The van der Waals surface area contributed by atoms with Crippen molar-refractivity contribution >= 4 is 48.5 Å². The molecule has 106 valence electrons. The molecule has 2 aromatic carbocycles. The standard InChI is InChI=1S/C16H11Br2FN2/c17-12-6-10-2-1-3-15(16(10)21-9-12)20-8-11-4-5-13(19)7-14(11)18/h1-7,9,20H,8H2. The molecule has 3 aromatic rings. The Balaban J connectivity index is 1.88. The van der Waals surface area contributed by atoms with Gasteiger partial charge in [-0.2, -0.15) is 0 Å². The van der Waals surface area contributed by atoms with E-state index < -0.39 is 0 Å². The first-order chi connectivity index (χ1) is 10.1. The van der Waals surface area contributed by atoms with Crippen molar-refractivity contribution < 1.29 is 4.39 Å². The Kier molecular flexibility index (Phi) is 4.22. The van der Waals surface area contributed by atoms with E-state index in [4.69, 9.17) is 0 Å². The first-order valence-electron chi connectivity index (χ1n) is 6.35. The molecular formula is C16H11Br2FN2. The van der Waals surface area contributed by atoms with Crippen LogP contribution in [0.5, 0.6) is 0 Å². The fourth-order valence-corrected chi connectivity index (χ4v) is 2.97. The molecule has 5 heteroatoms. The lowest BCUT2D eigenvalue weighted by molar-refractivity contribution is 0.626. The maximum absolute atomic E-state index is 13.1. The molecule has 0 saturated heterocycles. The van der Waals surface area contributed by atoms with Gasteiger partial charge in [0.25, 0.3) is 0 Å². The Labute approximate surface area is 138 Å². The maximum atomic E-state index is 13.1. The lowest BCUT2D eigenvalue weighted by atomic mass is 10.1. The summed E-state index contributed by atoms with van der Waals surface area (Å²) in [6, 6.07) is 12.7. The summed E-state index contributed by atoms with van der Waals surface area (Å²) >= 11 is 6.80. The van der Waals surface area contributed by atoms with Crippen LogP contribution in [0, 0.1) is 5.82 Å². The molecule has 0 saturated carbocycles. The second-order valence-electron chi connectivity index (χ2n) is 4.62. The molecule has 1 heterocycles. The number of hydrogen-bond acceptors (Lipinski definition) is 2. The zero-order valence-electron chi connectivity index (χ0n) is 10.9. The summed E-state index contributed by atoms with van der Waals surface area (Å²) in [6.45, 7) is 0.595. The third-order valence-electron chi connectivity index (χ3n) is 3.16. The Hall–Kier alpha value is -1.46. The molecule has 1 N–H and O–H groups in total. The summed E-state index contributed by atoms with van der Waals surface area (Å²) in [5, 5.41) is 4.42. The molecule has 0 amide bonds. The van der Waals surface area contributed by atoms with E-state index in [-0.39, 0.29) is 5.82 Å². The molecule has 0 aliphatic carbocycles. The molecule has 0 bridgehead atoms. The molecule has 0 unspecified atom stereocenters. The number of anilines is 1. The second-order valence-corrected chi connectivity index (χ2v) is 6.39. The summed E-state index contributed by atoms with van der Waals surface area (Å²) in [6.07, 6.45) is 1.78. The van der Waals surface area contributed by atoms with Crippen LogP contribution in [0.25, 0.3) is 10.9 Å². The van der Waals surface area contributed by atoms with Gasteiger partial charge in [0, 0.05) is 27.1 Å². The highest BCUT2D eigenvalue weighted by atomic mass is 79.9. The summed E-state index contributed by atoms with van der Waals surface area (Å²) in [7, 11) is 0. The van der Waals surface area contributed by atoms with E-state index in [1.54, 1.807) is 12.3 Å². The fraction of sp³-hybridized carbons (Fsp3) is 0.0625. The Morgan fingerprint density at radius 1 is 1.10 bits per heavy atom. The third-order valence-corrected chi connectivity index (χ3v) is 4.33. The summed E-state index contributed by atoms with van der Waals surface area (Å²) < 4.78 is 14.8. The van der Waals surface area contributed by atoms with Gasteiger partial charge in [0.2, 0.25) is 0 Å². The van der Waals surface area contributed by atoms with Gasteiger partial charge in [-0.15, -0.1) is 0 Å². The zero-order valence-corrected chi connectivity index (χ0v) is 14.1. The van der Waals surface area contributed by atoms with Crippen LogP contribution in [0.15, 0.2) is 57.6 Å². The molecule has 0 fully saturated rings. The number of hydrogen-bond donors (Lipinski definition) is 1. The highest BCUT2D eigenvalue weighted by Crippen LogP contribution is 2.25. The third kappa shape index (κ3) is 3.24. The number of benzene rings is 2. The van der Waals surface area contributed by atoms with Crippen LogP contribution in [-0.4, -0.2) is 4.98 Å². The summed E-state index contributed by atoms with van der Waals surface area (Å²) in [4.78, 5) is 4.45. The van der Waals surface area contributed by atoms with Crippen molar-refractivity contribution in [1.29, 1.82) is 0 Å². The number of para-hydroxylation sites is 1. The first kappa shape index (κ1) is 14.5. The molecule has 0 atom stereocenters. The van der Waals surface area contributed by atoms with Crippen LogP contribution in [-0.2, 0) is 6.54 Å². The zero-order chi connectivity index (χ0) is 14.8. The Morgan fingerprint density at radius 2 is 1.95 bits per heavy atom. The first-order valence-corrected chi connectivity index (χ1v) is 7.94. The predicted molar refractivity (Wildman–Crippen MR) is 90.9 cm³/mol. The number of aromatic nitrogens is 1. The van der Waals surface area contributed by atoms with E-state index in [0.717, 1.165) is 31.1 Å². The average Bonchev–Trinajstić information content (AvgIpc) is 2.46. The minimum absolute atomic E-state index is 0.248. The van der Waals surface area contributed by atoms with Crippen molar-refractivity contribution in [2.24, 2.45) is 0 Å². The van der Waals surface area contributed by atoms with Gasteiger partial charge in [-0.3, -0.25) is 4.98 Å². The minimum Gasteiger partial charge on any atom is -0.379 e. The summed E-state index contributed by atoms with van der Waals surface area (Å²) in [5.41, 5.74) is 2.86. The molecule has 0 aliphatic heterocycles. The van der Waals surface area contributed by atoms with Crippen LogP contribution in [0.3, 0.4) is 0 Å². The smallest absolute Gasteiger partial charge is 0.124 e. The van der Waals surface area contributed by atoms with Crippen molar-refractivity contribution in [3.63, 3.8) is 0 Å². The van der Waals surface area contributed by atoms with Gasteiger partial charge in [0.15, 0.2) is 0 Å². The van der Waals surface area contributed by atoms with Gasteiger partial charge in [-0.1, -0.05) is 34.1 Å². The quantitative estimate of drug-likeness (QED) is 0.616. The molecule has 1 aromatic heterocycles. The van der Waals surface area contributed by atoms with Crippen LogP contribution in [0.4, 0.5) is 10.1 Å². The van der Waals surface area contributed by atoms with Gasteiger partial charge < -0.3 is 5.32 Å². The van der Waals surface area contributed by atoms with Crippen molar-refractivity contribution in [2.75, 3.05) is 5.32 Å². The van der Waals surface area contributed by atoms with Gasteiger partial charge in [0.05, 0.1) is 11.2 Å². The SMILES string of the molecule is Fc1ccc(CNc2cccc3cc(Br)cnc23)c(Br)c1. The Bertz CT molecular complexity index is 805. The molecule has 0 spiro atoms. The maximum Gasteiger partial charge on any atom is 0.124 e. The van der Waals surface area contributed by atoms with E-state index in [1.807, 2.05) is 24.3 Å². The molecule has 0 aliphatic rings. The van der Waals surface area contributed by atoms with Gasteiger partial charge in [-0.25, -0.2) is 4.39 Å². The van der Waals surface area contributed by atoms with E-state index in [1.165, 1.54) is 12.1 Å². The second kappa shape index (κ2) is 6.12. The molecule has 21 heavy (non-hydrogen) atoms. The highest BCUT2D eigenvalue weighted by Gasteiger charge is 2.05. The van der Waals surface area contributed by atoms with Crippen LogP contribution in [0.1, 0.15) is 5.56 Å². The fourth-order valence-electron chi connectivity index (χ4n) is 2.13. The molecule has 3 rings (SSSR count). The van der Waals surface area contributed by atoms with E-state index in [2.05, 4.69) is 42.2 Å². The number of nitrogens with one attached hydrogen (secondary N) is 1. The normalized spacial score (nSPS) is 10.8. The van der Waals surface area contributed by atoms with Crippen LogP contribution >= 0.6 is 31.9 Å². The molecule has 0 radical (unpaired) electrons. The number of fused-ring (bicyclic) bond motifs is 1. The monoisotopic (exact) mass is 408 g/mol. The van der Waals surface area contributed by atoms with Crippen LogP contribution < -0.4 is 5.32 Å². The largest absolute Gasteiger partial charge is 0.379 e. The van der Waals surface area contributed by atoms with Gasteiger partial charge >= 0.3 is 0 Å². The van der Waals surface area contributed by atoms with Gasteiger partial charge in [-0.05, 0) is 45.8 Å². The van der Waals surface area contributed by atoms with Crippen LogP contribution in [0.2, 0.25) is 0 Å². The molecule has 2 nitrogen and oxygen atoms in total. The lowest BCUT2D eigenvalue weighted by Gasteiger charge is -2.10. The number of pyridine rings is 1. The number of halogens is 3. The Morgan fingerprint density at radius 3 is 2.76 bits per heavy atom. The van der Waals surface area contributed by atoms with Crippen molar-refractivity contribution in [3.05, 3.63) is 69.0 Å². The van der Waals surface area contributed by atoms with E-state index >= 15 is 0 Å². The number of rotatable bonds is 3.